The van der Waals surface area contributed by atoms with Gasteiger partial charge in [-0.2, -0.15) is 5.26 Å². The summed E-state index contributed by atoms with van der Waals surface area (Å²) in [4.78, 5) is 2.14. The van der Waals surface area contributed by atoms with Crippen LogP contribution in [0.4, 0.5) is 11.4 Å². The van der Waals surface area contributed by atoms with Crippen LogP contribution in [0, 0.1) is 18.3 Å². The highest BCUT2D eigenvalue weighted by Gasteiger charge is 2.11. The maximum Gasteiger partial charge on any atom is 0.0681 e. The summed E-state index contributed by atoms with van der Waals surface area (Å²) in [6.45, 7) is 2.72. The first-order valence-corrected chi connectivity index (χ1v) is 6.66. The molecule has 0 aliphatic carbocycles. The molecular weight excluding hydrogens is 248 g/mol. The lowest BCUT2D eigenvalue weighted by Crippen LogP contribution is -2.19. The van der Waals surface area contributed by atoms with Gasteiger partial charge in [-0.3, -0.25) is 0 Å². The number of hydrogen-bond acceptors (Lipinski definition) is 3. The molecule has 0 heterocycles. The molecular formula is C17H18N2O. The third-order valence-electron chi connectivity index (χ3n) is 3.25. The summed E-state index contributed by atoms with van der Waals surface area (Å²) >= 11 is 0. The molecule has 0 unspecified atom stereocenters. The number of nitrogens with zero attached hydrogens (tertiary/aromatic N) is 2. The van der Waals surface area contributed by atoms with E-state index in [1.165, 1.54) is 0 Å². The fourth-order valence-corrected chi connectivity index (χ4v) is 2.28. The number of hydrogen-bond donors (Lipinski definition) is 1. The Balaban J connectivity index is 2.39. The highest BCUT2D eigenvalue weighted by Crippen LogP contribution is 2.29. The molecule has 0 saturated heterocycles. The molecule has 0 amide bonds. The van der Waals surface area contributed by atoms with Crippen LogP contribution >= 0.6 is 0 Å². The maximum absolute atomic E-state index is 9.19. The van der Waals surface area contributed by atoms with Crippen molar-refractivity contribution in [2.45, 2.75) is 20.0 Å². The van der Waals surface area contributed by atoms with Crippen molar-refractivity contribution in [2.75, 3.05) is 11.4 Å². The van der Waals surface area contributed by atoms with Crippen LogP contribution < -0.4 is 4.90 Å². The predicted octanol–water partition coefficient (Wildman–Crippen LogP) is 3.54. The summed E-state index contributed by atoms with van der Waals surface area (Å²) in [5.74, 6) is 0. The summed E-state index contributed by atoms with van der Waals surface area (Å²) in [5.41, 5.74) is 4.14. The molecule has 0 aliphatic heterocycles. The second-order valence-electron chi connectivity index (χ2n) is 4.67. The average molecular weight is 266 g/mol. The van der Waals surface area contributed by atoms with E-state index in [0.717, 1.165) is 22.5 Å². The standard InChI is InChI=1S/C17H18N2O/c1-14-12-15(13-20)8-9-17(14)19(11-5-10-18)16-6-3-2-4-7-16/h2-4,6-9,12,20H,5,11,13H2,1H3. The molecule has 0 atom stereocenters. The van der Waals surface area contributed by atoms with E-state index in [0.29, 0.717) is 13.0 Å². The van der Waals surface area contributed by atoms with Crippen LogP contribution in [0.15, 0.2) is 48.5 Å². The Morgan fingerprint density at radius 1 is 1.15 bits per heavy atom. The quantitative estimate of drug-likeness (QED) is 0.900. The van der Waals surface area contributed by atoms with Crippen LogP contribution in [0.5, 0.6) is 0 Å². The van der Waals surface area contributed by atoms with Gasteiger partial charge in [0.2, 0.25) is 0 Å². The van der Waals surface area contributed by atoms with E-state index in [9.17, 15) is 5.11 Å². The van der Waals surface area contributed by atoms with E-state index in [1.54, 1.807) is 0 Å². The molecule has 2 aromatic carbocycles. The van der Waals surface area contributed by atoms with Gasteiger partial charge in [0, 0.05) is 17.9 Å². The first-order valence-electron chi connectivity index (χ1n) is 6.66. The van der Waals surface area contributed by atoms with Crippen LogP contribution in [0.1, 0.15) is 17.5 Å². The zero-order valence-electron chi connectivity index (χ0n) is 11.6. The van der Waals surface area contributed by atoms with Crippen LogP contribution in [-0.4, -0.2) is 11.7 Å². The fourth-order valence-electron chi connectivity index (χ4n) is 2.28. The third-order valence-corrected chi connectivity index (χ3v) is 3.25. The maximum atomic E-state index is 9.19. The lowest BCUT2D eigenvalue weighted by molar-refractivity contribution is 0.282. The van der Waals surface area contributed by atoms with Gasteiger partial charge in [-0.1, -0.05) is 30.3 Å². The van der Waals surface area contributed by atoms with Crippen molar-refractivity contribution >= 4 is 11.4 Å². The van der Waals surface area contributed by atoms with Crippen molar-refractivity contribution in [3.63, 3.8) is 0 Å². The molecule has 1 N–H and O–H groups in total. The number of para-hydroxylation sites is 1. The number of aryl methyl sites for hydroxylation is 1. The van der Waals surface area contributed by atoms with Gasteiger partial charge in [0.15, 0.2) is 0 Å². The molecule has 0 radical (unpaired) electrons. The van der Waals surface area contributed by atoms with Crippen LogP contribution in [0.25, 0.3) is 0 Å². The Hall–Kier alpha value is -2.31. The molecule has 0 fully saturated rings. The molecule has 3 nitrogen and oxygen atoms in total. The number of aliphatic hydroxyl groups excluding tert-OH is 1. The van der Waals surface area contributed by atoms with E-state index in [1.807, 2.05) is 55.5 Å². The molecule has 20 heavy (non-hydrogen) atoms. The van der Waals surface area contributed by atoms with Crippen LogP contribution in [0.2, 0.25) is 0 Å². The number of nitriles is 1. The molecule has 0 saturated carbocycles. The van der Waals surface area contributed by atoms with Crippen LogP contribution in [0.3, 0.4) is 0 Å². The fraction of sp³-hybridized carbons (Fsp3) is 0.235. The highest BCUT2D eigenvalue weighted by molar-refractivity contribution is 5.66. The number of anilines is 2. The van der Waals surface area contributed by atoms with Gasteiger partial charge >= 0.3 is 0 Å². The molecule has 0 spiro atoms. The number of aliphatic hydroxyl groups is 1. The third kappa shape index (κ3) is 3.17. The molecule has 3 heteroatoms. The van der Waals surface area contributed by atoms with Crippen molar-refractivity contribution in [1.82, 2.24) is 0 Å². The minimum atomic E-state index is 0.0463. The van der Waals surface area contributed by atoms with E-state index < -0.39 is 0 Å². The van der Waals surface area contributed by atoms with Gasteiger partial charge in [-0.25, -0.2) is 0 Å². The van der Waals surface area contributed by atoms with E-state index in [4.69, 9.17) is 5.26 Å². The topological polar surface area (TPSA) is 47.3 Å². The SMILES string of the molecule is Cc1cc(CO)ccc1N(CCC#N)c1ccccc1. The monoisotopic (exact) mass is 266 g/mol. The summed E-state index contributed by atoms with van der Waals surface area (Å²) in [6, 6.07) is 18.1. The largest absolute Gasteiger partial charge is 0.392 e. The zero-order valence-corrected chi connectivity index (χ0v) is 11.6. The van der Waals surface area contributed by atoms with E-state index in [2.05, 4.69) is 11.0 Å². The second kappa shape index (κ2) is 6.74. The Morgan fingerprint density at radius 3 is 2.50 bits per heavy atom. The van der Waals surface area contributed by atoms with Gasteiger partial charge in [0.25, 0.3) is 0 Å². The minimum absolute atomic E-state index is 0.0463. The van der Waals surface area contributed by atoms with Crippen molar-refractivity contribution in [3.05, 3.63) is 59.7 Å². The average Bonchev–Trinajstić information content (AvgIpc) is 2.50. The lowest BCUT2D eigenvalue weighted by atomic mass is 10.1. The van der Waals surface area contributed by atoms with Crippen molar-refractivity contribution in [2.24, 2.45) is 0 Å². The summed E-state index contributed by atoms with van der Waals surface area (Å²) in [6.07, 6.45) is 0.468. The van der Waals surface area contributed by atoms with Gasteiger partial charge in [0.1, 0.15) is 0 Å². The molecule has 2 aromatic rings. The lowest BCUT2D eigenvalue weighted by Gasteiger charge is -2.26. The van der Waals surface area contributed by atoms with E-state index >= 15 is 0 Å². The Kier molecular flexibility index (Phi) is 4.75. The van der Waals surface area contributed by atoms with Crippen molar-refractivity contribution in [1.29, 1.82) is 5.26 Å². The minimum Gasteiger partial charge on any atom is -0.392 e. The Labute approximate surface area is 119 Å². The molecule has 0 bridgehead atoms. The molecule has 102 valence electrons. The van der Waals surface area contributed by atoms with Gasteiger partial charge in [-0.15, -0.1) is 0 Å². The second-order valence-corrected chi connectivity index (χ2v) is 4.67. The van der Waals surface area contributed by atoms with Gasteiger partial charge in [0.05, 0.1) is 19.1 Å². The molecule has 0 aromatic heterocycles. The van der Waals surface area contributed by atoms with Gasteiger partial charge in [-0.05, 0) is 36.2 Å². The summed E-state index contributed by atoms with van der Waals surface area (Å²) in [5, 5.41) is 18.0. The summed E-state index contributed by atoms with van der Waals surface area (Å²) < 4.78 is 0. The van der Waals surface area contributed by atoms with E-state index in [-0.39, 0.29) is 6.61 Å². The number of benzene rings is 2. The first-order chi connectivity index (χ1) is 9.76. The van der Waals surface area contributed by atoms with Crippen molar-refractivity contribution in [3.8, 4) is 6.07 Å². The first kappa shape index (κ1) is 14.1. The molecule has 0 aliphatic rings. The number of rotatable bonds is 5. The zero-order chi connectivity index (χ0) is 14.4. The smallest absolute Gasteiger partial charge is 0.0681 e. The van der Waals surface area contributed by atoms with Crippen LogP contribution in [-0.2, 0) is 6.61 Å². The Morgan fingerprint density at radius 2 is 1.90 bits per heavy atom. The predicted molar refractivity (Wildman–Crippen MR) is 80.8 cm³/mol. The molecule has 2 rings (SSSR count). The highest BCUT2D eigenvalue weighted by atomic mass is 16.3. The van der Waals surface area contributed by atoms with Crippen molar-refractivity contribution < 1.29 is 5.11 Å². The normalized spacial score (nSPS) is 10.1. The van der Waals surface area contributed by atoms with Gasteiger partial charge < -0.3 is 10.0 Å². The Bertz CT molecular complexity index is 602. The summed E-state index contributed by atoms with van der Waals surface area (Å²) in [7, 11) is 0.